The summed E-state index contributed by atoms with van der Waals surface area (Å²) in [6.07, 6.45) is -2.11. The molecule has 0 spiro atoms. The van der Waals surface area contributed by atoms with E-state index in [2.05, 4.69) is 15.9 Å². The normalized spacial score (nSPS) is 28.8. The Bertz CT molecular complexity index is 215. The Balaban J connectivity index is 2.60. The number of rotatable bonds is 1. The molecule has 0 aliphatic heterocycles. The summed E-state index contributed by atoms with van der Waals surface area (Å²) in [6.45, 7) is 3.93. The Kier molecular flexibility index (Phi) is 2.32. The van der Waals surface area contributed by atoms with Crippen molar-refractivity contribution in [3.63, 3.8) is 0 Å². The standard InChI is InChI=1S/C8H10BrF3/c1-7(2)4-5(7)3-6(9)8(10,11)12/h3,5H,4H2,1-2H3. The van der Waals surface area contributed by atoms with Crippen molar-refractivity contribution >= 4 is 15.9 Å². The van der Waals surface area contributed by atoms with Gasteiger partial charge in [-0.1, -0.05) is 19.9 Å². The van der Waals surface area contributed by atoms with Crippen molar-refractivity contribution in [1.29, 1.82) is 0 Å². The monoisotopic (exact) mass is 242 g/mol. The molecule has 12 heavy (non-hydrogen) atoms. The summed E-state index contributed by atoms with van der Waals surface area (Å²) in [7, 11) is 0. The van der Waals surface area contributed by atoms with Crippen molar-refractivity contribution in [2.24, 2.45) is 11.3 Å². The first-order valence-corrected chi connectivity index (χ1v) is 4.47. The lowest BCUT2D eigenvalue weighted by atomic mass is 10.1. The smallest absolute Gasteiger partial charge is 0.166 e. The molecule has 4 heteroatoms. The van der Waals surface area contributed by atoms with E-state index in [0.29, 0.717) is 0 Å². The van der Waals surface area contributed by atoms with E-state index in [0.717, 1.165) is 6.42 Å². The molecule has 0 bridgehead atoms. The molecule has 0 saturated heterocycles. The van der Waals surface area contributed by atoms with E-state index in [1.807, 2.05) is 13.8 Å². The zero-order chi connectivity index (χ0) is 9.57. The van der Waals surface area contributed by atoms with Crippen LogP contribution in [0.2, 0.25) is 0 Å². The molecule has 0 aromatic heterocycles. The van der Waals surface area contributed by atoms with Crippen molar-refractivity contribution in [3.8, 4) is 0 Å². The lowest BCUT2D eigenvalue weighted by Gasteiger charge is -2.04. The van der Waals surface area contributed by atoms with Crippen LogP contribution in [0, 0.1) is 11.3 Å². The van der Waals surface area contributed by atoms with E-state index >= 15 is 0 Å². The quantitative estimate of drug-likeness (QED) is 0.655. The highest BCUT2D eigenvalue weighted by Crippen LogP contribution is 2.54. The highest BCUT2D eigenvalue weighted by Gasteiger charge is 2.45. The third-order valence-corrected chi connectivity index (χ3v) is 2.92. The topological polar surface area (TPSA) is 0 Å². The lowest BCUT2D eigenvalue weighted by Crippen LogP contribution is -2.07. The second kappa shape index (κ2) is 2.76. The fourth-order valence-corrected chi connectivity index (χ4v) is 1.38. The van der Waals surface area contributed by atoms with Crippen molar-refractivity contribution in [1.82, 2.24) is 0 Å². The molecule has 0 nitrogen and oxygen atoms in total. The van der Waals surface area contributed by atoms with Crippen LogP contribution >= 0.6 is 15.9 Å². The number of alkyl halides is 3. The molecule has 1 saturated carbocycles. The second-order valence-electron chi connectivity index (χ2n) is 3.81. The van der Waals surface area contributed by atoms with Crippen molar-refractivity contribution in [2.45, 2.75) is 26.4 Å². The molecule has 0 N–H and O–H groups in total. The summed E-state index contributed by atoms with van der Waals surface area (Å²) in [4.78, 5) is 0. The van der Waals surface area contributed by atoms with E-state index < -0.39 is 10.7 Å². The first-order chi connectivity index (χ1) is 5.23. The van der Waals surface area contributed by atoms with E-state index in [9.17, 15) is 13.2 Å². The molecule has 0 radical (unpaired) electrons. The second-order valence-corrected chi connectivity index (χ2v) is 4.67. The van der Waals surface area contributed by atoms with Gasteiger partial charge in [-0.25, -0.2) is 0 Å². The van der Waals surface area contributed by atoms with Gasteiger partial charge < -0.3 is 0 Å². The Morgan fingerprint density at radius 1 is 1.50 bits per heavy atom. The Hall–Kier alpha value is 0.01000. The largest absolute Gasteiger partial charge is 0.422 e. The molecule has 1 aliphatic rings. The van der Waals surface area contributed by atoms with Gasteiger partial charge in [0.15, 0.2) is 0 Å². The zero-order valence-corrected chi connectivity index (χ0v) is 8.46. The summed E-state index contributed by atoms with van der Waals surface area (Å²) < 4.78 is 35.3. The summed E-state index contributed by atoms with van der Waals surface area (Å²) in [5, 5.41) is 0. The van der Waals surface area contributed by atoms with Gasteiger partial charge in [0.1, 0.15) is 0 Å². The van der Waals surface area contributed by atoms with Crippen LogP contribution in [0.3, 0.4) is 0 Å². The molecule has 1 unspecified atom stereocenters. The lowest BCUT2D eigenvalue weighted by molar-refractivity contribution is -0.0831. The minimum atomic E-state index is -4.22. The SMILES string of the molecule is CC1(C)CC1C=C(Br)C(F)(F)F. The van der Waals surface area contributed by atoms with Gasteiger partial charge in [-0.2, -0.15) is 13.2 Å². The van der Waals surface area contributed by atoms with Crippen LogP contribution in [0.1, 0.15) is 20.3 Å². The molecule has 0 heterocycles. The summed E-state index contributed by atoms with van der Waals surface area (Å²) in [5.74, 6) is 0.0773. The van der Waals surface area contributed by atoms with Crippen LogP contribution in [0.25, 0.3) is 0 Å². The zero-order valence-electron chi connectivity index (χ0n) is 6.87. The van der Waals surface area contributed by atoms with Gasteiger partial charge in [-0.15, -0.1) is 0 Å². The van der Waals surface area contributed by atoms with Crippen LogP contribution in [-0.4, -0.2) is 6.18 Å². The molecule has 1 fully saturated rings. The van der Waals surface area contributed by atoms with Crippen molar-refractivity contribution in [2.75, 3.05) is 0 Å². The summed E-state index contributed by atoms with van der Waals surface area (Å²) in [5.41, 5.74) is 0.0598. The van der Waals surface area contributed by atoms with Crippen LogP contribution < -0.4 is 0 Å². The maximum absolute atomic E-state index is 12.0. The predicted molar refractivity (Wildman–Crippen MR) is 45.0 cm³/mol. The maximum Gasteiger partial charge on any atom is 0.422 e. The minimum Gasteiger partial charge on any atom is -0.166 e. The number of hydrogen-bond acceptors (Lipinski definition) is 0. The highest BCUT2D eigenvalue weighted by molar-refractivity contribution is 9.11. The van der Waals surface area contributed by atoms with Gasteiger partial charge in [-0.3, -0.25) is 0 Å². The van der Waals surface area contributed by atoms with E-state index in [4.69, 9.17) is 0 Å². The number of hydrogen-bond donors (Lipinski definition) is 0. The van der Waals surface area contributed by atoms with Crippen molar-refractivity contribution < 1.29 is 13.2 Å². The molecular formula is C8H10BrF3. The van der Waals surface area contributed by atoms with Gasteiger partial charge in [0.25, 0.3) is 0 Å². The molecule has 0 aromatic carbocycles. The van der Waals surface area contributed by atoms with E-state index in [-0.39, 0.29) is 11.3 Å². The van der Waals surface area contributed by atoms with Crippen LogP contribution in [0.15, 0.2) is 10.6 Å². The van der Waals surface area contributed by atoms with Crippen LogP contribution in [0.5, 0.6) is 0 Å². The summed E-state index contributed by atoms with van der Waals surface area (Å²) in [6, 6.07) is 0. The number of halogens is 4. The molecular weight excluding hydrogens is 233 g/mol. The first-order valence-electron chi connectivity index (χ1n) is 3.68. The van der Waals surface area contributed by atoms with Gasteiger partial charge in [0, 0.05) is 0 Å². The van der Waals surface area contributed by atoms with Gasteiger partial charge >= 0.3 is 6.18 Å². The molecule has 1 aliphatic carbocycles. The fourth-order valence-electron chi connectivity index (χ4n) is 1.06. The average Bonchev–Trinajstić information content (AvgIpc) is 2.36. The molecule has 0 aromatic rings. The maximum atomic E-state index is 12.0. The van der Waals surface area contributed by atoms with Gasteiger partial charge in [0.2, 0.25) is 0 Å². The van der Waals surface area contributed by atoms with Gasteiger partial charge in [-0.05, 0) is 33.7 Å². The first kappa shape index (κ1) is 10.1. The summed E-state index contributed by atoms with van der Waals surface area (Å²) >= 11 is 2.53. The predicted octanol–water partition coefficient (Wildman–Crippen LogP) is 3.87. The van der Waals surface area contributed by atoms with Crippen LogP contribution in [0.4, 0.5) is 13.2 Å². The Labute approximate surface area is 78.0 Å². The Morgan fingerprint density at radius 3 is 2.17 bits per heavy atom. The third-order valence-electron chi connectivity index (χ3n) is 2.21. The molecule has 1 atom stereocenters. The number of allylic oxidation sites excluding steroid dienone is 2. The van der Waals surface area contributed by atoms with Gasteiger partial charge in [0.05, 0.1) is 4.48 Å². The fraction of sp³-hybridized carbons (Fsp3) is 0.750. The highest BCUT2D eigenvalue weighted by atomic mass is 79.9. The average molecular weight is 243 g/mol. The third kappa shape index (κ3) is 2.25. The van der Waals surface area contributed by atoms with Crippen LogP contribution in [-0.2, 0) is 0 Å². The Morgan fingerprint density at radius 2 is 1.92 bits per heavy atom. The van der Waals surface area contributed by atoms with Crippen molar-refractivity contribution in [3.05, 3.63) is 10.6 Å². The van der Waals surface area contributed by atoms with E-state index in [1.165, 1.54) is 6.08 Å². The molecule has 1 rings (SSSR count). The van der Waals surface area contributed by atoms with E-state index in [1.54, 1.807) is 0 Å². The molecule has 70 valence electrons. The molecule has 0 amide bonds. The minimum absolute atomic E-state index is 0.0598.